The summed E-state index contributed by atoms with van der Waals surface area (Å²) in [6, 6.07) is 4.01. The number of piperidine rings is 1. The van der Waals surface area contributed by atoms with E-state index < -0.39 is 0 Å². The van der Waals surface area contributed by atoms with E-state index in [0.29, 0.717) is 5.75 Å². The molecule has 4 N–H and O–H groups in total. The van der Waals surface area contributed by atoms with Gasteiger partial charge in [0, 0.05) is 34.8 Å². The van der Waals surface area contributed by atoms with Gasteiger partial charge in [0.05, 0.1) is 5.52 Å². The lowest BCUT2D eigenvalue weighted by Gasteiger charge is -2.32. The standard InChI is InChI=1S/C25H41N3OS/c1-24(2,3)15-19-18-7-8-21(29)20(22(18)27-23(19)30-25(4,5)6)16-28-13-10-17(9-12-26)11-14-28/h7-8,17,27,29H,9-16,26H2,1-6H3/p+1. The lowest BCUT2D eigenvalue weighted by molar-refractivity contribution is 0.172. The van der Waals surface area contributed by atoms with Crippen molar-refractivity contribution in [2.45, 2.75) is 83.5 Å². The Morgan fingerprint density at radius 3 is 2.33 bits per heavy atom. The van der Waals surface area contributed by atoms with E-state index in [0.717, 1.165) is 56.0 Å². The van der Waals surface area contributed by atoms with Gasteiger partial charge < -0.3 is 15.8 Å². The molecular formula is C25H42N3OS+. The molecule has 1 aliphatic rings. The molecule has 1 aromatic heterocycles. The van der Waals surface area contributed by atoms with E-state index in [1.54, 1.807) is 0 Å². The van der Waals surface area contributed by atoms with Gasteiger partial charge in [-0.05, 0) is 89.6 Å². The molecule has 30 heavy (non-hydrogen) atoms. The van der Waals surface area contributed by atoms with Crippen LogP contribution >= 0.6 is 0 Å². The zero-order valence-corrected chi connectivity index (χ0v) is 20.7. The highest BCUT2D eigenvalue weighted by molar-refractivity contribution is 7.80. The van der Waals surface area contributed by atoms with Crippen LogP contribution in [0.4, 0.5) is 0 Å². The van der Waals surface area contributed by atoms with Gasteiger partial charge in [0.15, 0.2) is 0 Å². The Kier molecular flexibility index (Phi) is 7.15. The molecule has 168 valence electrons. The molecule has 0 amide bonds. The van der Waals surface area contributed by atoms with Crippen molar-refractivity contribution in [3.63, 3.8) is 0 Å². The second-order valence-electron chi connectivity index (χ2n) is 11.3. The zero-order chi connectivity index (χ0) is 22.1. The Morgan fingerprint density at radius 2 is 1.77 bits per heavy atom. The van der Waals surface area contributed by atoms with Gasteiger partial charge in [-0.3, -0.25) is 4.90 Å². The smallest absolute Gasteiger partial charge is 0.227 e. The Bertz CT molecular complexity index is 852. The summed E-state index contributed by atoms with van der Waals surface area (Å²) < 4.78 is 0.181. The molecule has 5 heteroatoms. The van der Waals surface area contributed by atoms with E-state index in [1.807, 2.05) is 6.07 Å². The van der Waals surface area contributed by atoms with Crippen molar-refractivity contribution in [1.29, 1.82) is 0 Å². The zero-order valence-electron chi connectivity index (χ0n) is 19.8. The number of aromatic nitrogens is 1. The van der Waals surface area contributed by atoms with E-state index in [1.165, 1.54) is 40.6 Å². The summed E-state index contributed by atoms with van der Waals surface area (Å²) in [5, 5.41) is 13.4. The van der Waals surface area contributed by atoms with Crippen molar-refractivity contribution < 1.29 is 5.11 Å². The van der Waals surface area contributed by atoms with Crippen molar-refractivity contribution in [2.75, 3.05) is 19.6 Å². The number of fused-ring (bicyclic) bond motifs is 1. The summed E-state index contributed by atoms with van der Waals surface area (Å²) in [5.74, 6) is 1.17. The monoisotopic (exact) mass is 432 g/mol. The van der Waals surface area contributed by atoms with Gasteiger partial charge in [-0.2, -0.15) is 0 Å². The second kappa shape index (κ2) is 9.13. The minimum atomic E-state index is 0.181. The van der Waals surface area contributed by atoms with E-state index in [2.05, 4.69) is 57.5 Å². The third-order valence-electron chi connectivity index (χ3n) is 5.96. The molecule has 3 rings (SSSR count). The van der Waals surface area contributed by atoms with Gasteiger partial charge in [0.25, 0.3) is 0 Å². The fourth-order valence-corrected chi connectivity index (χ4v) is 5.72. The third-order valence-corrected chi connectivity index (χ3v) is 7.24. The highest BCUT2D eigenvalue weighted by atomic mass is 32.2. The summed E-state index contributed by atoms with van der Waals surface area (Å²) in [4.78, 5) is 6.25. The number of phenols is 1. The van der Waals surface area contributed by atoms with Crippen molar-refractivity contribution in [2.24, 2.45) is 17.1 Å². The Balaban J connectivity index is 1.95. The van der Waals surface area contributed by atoms with Gasteiger partial charge in [0.1, 0.15) is 10.5 Å². The van der Waals surface area contributed by atoms with Crippen LogP contribution in [0.3, 0.4) is 0 Å². The van der Waals surface area contributed by atoms with Crippen molar-refractivity contribution in [1.82, 2.24) is 9.88 Å². The first-order valence-electron chi connectivity index (χ1n) is 11.5. The van der Waals surface area contributed by atoms with Crippen LogP contribution in [0.1, 0.15) is 71.9 Å². The Hall–Kier alpha value is -1.17. The summed E-state index contributed by atoms with van der Waals surface area (Å²) in [7, 11) is 0. The number of nitrogens with two attached hydrogens (primary N) is 1. The molecule has 0 aliphatic carbocycles. The van der Waals surface area contributed by atoms with Crippen LogP contribution in [0, 0.1) is 11.3 Å². The number of nitrogens with zero attached hydrogens (tertiary/aromatic N) is 1. The van der Waals surface area contributed by atoms with Crippen LogP contribution in [0.5, 0.6) is 5.75 Å². The van der Waals surface area contributed by atoms with E-state index in [-0.39, 0.29) is 10.2 Å². The number of hydrogen-bond donors (Lipinski definition) is 3. The van der Waals surface area contributed by atoms with Crippen LogP contribution < -0.4 is 5.73 Å². The molecule has 1 aromatic carbocycles. The first-order chi connectivity index (χ1) is 14.0. The topological polar surface area (TPSA) is 65.3 Å². The highest BCUT2D eigenvalue weighted by Crippen LogP contribution is 2.37. The number of likely N-dealkylation sites (tertiary alicyclic amines) is 1. The molecule has 0 spiro atoms. The highest BCUT2D eigenvalue weighted by Gasteiger charge is 2.30. The minimum Gasteiger partial charge on any atom is -0.508 e. The number of nitrogens with one attached hydrogen (secondary N) is 1. The number of aromatic hydroxyl groups is 1. The average molecular weight is 433 g/mol. The predicted molar refractivity (Wildman–Crippen MR) is 132 cm³/mol. The van der Waals surface area contributed by atoms with Gasteiger partial charge >= 0.3 is 0 Å². The van der Waals surface area contributed by atoms with E-state index in [9.17, 15) is 5.11 Å². The van der Waals surface area contributed by atoms with Crippen LogP contribution in [0.2, 0.25) is 0 Å². The van der Waals surface area contributed by atoms with Gasteiger partial charge in [-0.1, -0.05) is 20.8 Å². The number of benzene rings is 1. The number of thiol groups is 1. The van der Waals surface area contributed by atoms with Crippen molar-refractivity contribution >= 4 is 22.7 Å². The van der Waals surface area contributed by atoms with Gasteiger partial charge in [-0.15, -0.1) is 0 Å². The molecule has 0 atom stereocenters. The summed E-state index contributed by atoms with van der Waals surface area (Å²) in [6.07, 6.45) is 4.58. The third kappa shape index (κ3) is 5.95. The fourth-order valence-electron chi connectivity index (χ4n) is 4.55. The number of hydrogen-bond acceptors (Lipinski definition) is 3. The van der Waals surface area contributed by atoms with Crippen LogP contribution in [-0.2, 0) is 24.7 Å². The lowest BCUT2D eigenvalue weighted by atomic mass is 9.88. The summed E-state index contributed by atoms with van der Waals surface area (Å²) in [5.41, 5.74) is 9.56. The number of rotatable bonds is 6. The van der Waals surface area contributed by atoms with Gasteiger partial charge in [0.2, 0.25) is 5.03 Å². The van der Waals surface area contributed by atoms with Crippen LogP contribution in [0.25, 0.3) is 10.9 Å². The minimum absolute atomic E-state index is 0.181. The molecule has 0 bridgehead atoms. The lowest BCUT2D eigenvalue weighted by Crippen LogP contribution is -2.33. The number of H-pyrrole nitrogens is 1. The molecule has 1 saturated heterocycles. The van der Waals surface area contributed by atoms with Crippen LogP contribution in [-0.4, -0.2) is 39.4 Å². The molecule has 4 nitrogen and oxygen atoms in total. The first kappa shape index (κ1) is 23.5. The second-order valence-corrected chi connectivity index (χ2v) is 13.3. The van der Waals surface area contributed by atoms with Gasteiger partial charge in [-0.25, -0.2) is 0 Å². The van der Waals surface area contributed by atoms with E-state index >= 15 is 0 Å². The predicted octanol–water partition coefficient (Wildman–Crippen LogP) is 5.00. The fraction of sp³-hybridized carbons (Fsp3) is 0.680. The molecular weight excluding hydrogens is 390 g/mol. The molecule has 1 fully saturated rings. The quantitative estimate of drug-likeness (QED) is 0.445. The largest absolute Gasteiger partial charge is 0.508 e. The average Bonchev–Trinajstić information content (AvgIpc) is 2.93. The number of phenolic OH excluding ortho intramolecular Hbond substituents is 1. The molecule has 2 aromatic rings. The Morgan fingerprint density at radius 1 is 1.10 bits per heavy atom. The molecule has 0 saturated carbocycles. The maximum Gasteiger partial charge on any atom is 0.227 e. The maximum atomic E-state index is 10.8. The Labute approximate surface area is 187 Å². The molecule has 2 heterocycles. The molecule has 1 aliphatic heterocycles. The van der Waals surface area contributed by atoms with Crippen molar-refractivity contribution in [3.05, 3.63) is 23.3 Å². The van der Waals surface area contributed by atoms with Crippen LogP contribution in [0.15, 0.2) is 17.2 Å². The normalized spacial score (nSPS) is 17.2. The molecule has 0 unspecified atom stereocenters. The summed E-state index contributed by atoms with van der Waals surface area (Å²) >= 11 is 1.31. The molecule has 0 radical (unpaired) electrons. The maximum absolute atomic E-state index is 10.8. The first-order valence-corrected chi connectivity index (χ1v) is 12.4. The summed E-state index contributed by atoms with van der Waals surface area (Å²) in [6.45, 7) is 17.5. The number of aromatic amines is 1. The SMILES string of the molecule is CC(C)(C)Cc1c([SH+]C(C)(C)C)[nH]c2c(CN3CCC(CCN)CC3)c(O)ccc12. The van der Waals surface area contributed by atoms with E-state index in [4.69, 9.17) is 5.73 Å². The van der Waals surface area contributed by atoms with Crippen molar-refractivity contribution in [3.8, 4) is 5.75 Å².